The van der Waals surface area contributed by atoms with Crippen molar-refractivity contribution in [3.05, 3.63) is 40.8 Å². The van der Waals surface area contributed by atoms with E-state index in [4.69, 9.17) is 0 Å². The Morgan fingerprint density at radius 3 is 2.94 bits per heavy atom. The second kappa shape index (κ2) is 3.20. The molecule has 0 aliphatic rings. The molecule has 4 nitrogen and oxygen atoms in total. The van der Waals surface area contributed by atoms with Crippen LogP contribution < -0.4 is 5.56 Å². The Bertz CT molecular complexity index is 724. The third-order valence-corrected chi connectivity index (χ3v) is 2.90. The highest BCUT2D eigenvalue weighted by atomic mass is 16.1. The Morgan fingerprint density at radius 1 is 1.31 bits per heavy atom. The number of aromatic nitrogens is 3. The number of fused-ring (bicyclic) bond motifs is 3. The van der Waals surface area contributed by atoms with Gasteiger partial charge in [-0.3, -0.25) is 9.89 Å². The molecule has 1 N–H and O–H groups in total. The van der Waals surface area contributed by atoms with E-state index in [9.17, 15) is 4.79 Å². The zero-order valence-electron chi connectivity index (χ0n) is 8.90. The minimum absolute atomic E-state index is 0.0185. The lowest BCUT2D eigenvalue weighted by Crippen LogP contribution is -2.19. The molecule has 0 aliphatic heterocycles. The molecule has 4 heteroatoms. The number of para-hydroxylation sites is 1. The summed E-state index contributed by atoms with van der Waals surface area (Å²) >= 11 is 0. The summed E-state index contributed by atoms with van der Waals surface area (Å²) in [6.07, 6.45) is 1.59. The summed E-state index contributed by atoms with van der Waals surface area (Å²) in [4.78, 5) is 12.1. The van der Waals surface area contributed by atoms with Crippen LogP contribution in [0.4, 0.5) is 0 Å². The Morgan fingerprint density at radius 2 is 2.12 bits per heavy atom. The number of hydrogen-bond acceptors (Lipinski definition) is 2. The van der Waals surface area contributed by atoms with Gasteiger partial charge in [0.15, 0.2) is 0 Å². The summed E-state index contributed by atoms with van der Waals surface area (Å²) < 4.78 is 1.77. The molecule has 0 unspecified atom stereocenters. The average Bonchev–Trinajstić information content (AvgIpc) is 2.79. The Labute approximate surface area is 91.5 Å². The van der Waals surface area contributed by atoms with Gasteiger partial charge in [0, 0.05) is 11.9 Å². The van der Waals surface area contributed by atoms with Crippen molar-refractivity contribution >= 4 is 21.8 Å². The number of benzene rings is 1. The Balaban J connectivity index is 2.70. The van der Waals surface area contributed by atoms with Crippen LogP contribution in [0.3, 0.4) is 0 Å². The predicted octanol–water partition coefficient (Wildman–Crippen LogP) is 1.90. The number of H-pyrrole nitrogens is 1. The van der Waals surface area contributed by atoms with E-state index in [2.05, 4.69) is 10.2 Å². The molecule has 1 aromatic carbocycles. The number of hydrogen-bond donors (Lipinski definition) is 1. The maximum atomic E-state index is 12.1. The van der Waals surface area contributed by atoms with E-state index in [0.717, 1.165) is 16.4 Å². The Hall–Kier alpha value is -2.10. The van der Waals surface area contributed by atoms with Gasteiger partial charge >= 0.3 is 0 Å². The standard InChI is InChI=1S/C12H11N3O/c1-2-15-10-6-4-3-5-8(10)11-9(12(15)16)7-13-14-11/h3-7H,2H2,1H3,(H,13,14). The quantitative estimate of drug-likeness (QED) is 0.671. The van der Waals surface area contributed by atoms with Gasteiger partial charge in [-0.25, -0.2) is 0 Å². The smallest absolute Gasteiger partial charge is 0.262 e. The van der Waals surface area contributed by atoms with Crippen molar-refractivity contribution in [1.29, 1.82) is 0 Å². The number of nitrogens with one attached hydrogen (secondary N) is 1. The second-order valence-electron chi connectivity index (χ2n) is 3.73. The topological polar surface area (TPSA) is 50.7 Å². The molecule has 0 amide bonds. The van der Waals surface area contributed by atoms with E-state index in [-0.39, 0.29) is 5.56 Å². The molecule has 3 rings (SSSR count). The average molecular weight is 213 g/mol. The van der Waals surface area contributed by atoms with Crippen LogP contribution in [0.25, 0.3) is 21.8 Å². The van der Waals surface area contributed by atoms with E-state index in [1.54, 1.807) is 10.8 Å². The molecule has 0 atom stereocenters. The molecule has 0 aliphatic carbocycles. The summed E-state index contributed by atoms with van der Waals surface area (Å²) in [5, 5.41) is 8.53. The summed E-state index contributed by atoms with van der Waals surface area (Å²) in [5.41, 5.74) is 1.79. The highest BCUT2D eigenvalue weighted by Gasteiger charge is 2.09. The van der Waals surface area contributed by atoms with Crippen LogP contribution in [-0.2, 0) is 6.54 Å². The lowest BCUT2D eigenvalue weighted by molar-refractivity contribution is 0.767. The van der Waals surface area contributed by atoms with Crippen LogP contribution in [0.1, 0.15) is 6.92 Å². The van der Waals surface area contributed by atoms with Gasteiger partial charge in [-0.05, 0) is 13.0 Å². The van der Waals surface area contributed by atoms with Gasteiger partial charge in [-0.1, -0.05) is 18.2 Å². The highest BCUT2D eigenvalue weighted by molar-refractivity contribution is 6.02. The fourth-order valence-electron chi connectivity index (χ4n) is 2.14. The highest BCUT2D eigenvalue weighted by Crippen LogP contribution is 2.19. The number of aromatic amines is 1. The van der Waals surface area contributed by atoms with Crippen LogP contribution in [-0.4, -0.2) is 14.8 Å². The van der Waals surface area contributed by atoms with Gasteiger partial charge < -0.3 is 4.57 Å². The third kappa shape index (κ3) is 1.04. The number of pyridine rings is 1. The van der Waals surface area contributed by atoms with Gasteiger partial charge in [0.05, 0.1) is 22.6 Å². The van der Waals surface area contributed by atoms with E-state index in [1.165, 1.54) is 0 Å². The first-order valence-corrected chi connectivity index (χ1v) is 5.27. The fourth-order valence-corrected chi connectivity index (χ4v) is 2.14. The Kier molecular flexibility index (Phi) is 1.83. The van der Waals surface area contributed by atoms with Crippen LogP contribution in [0.2, 0.25) is 0 Å². The van der Waals surface area contributed by atoms with E-state index >= 15 is 0 Å². The van der Waals surface area contributed by atoms with E-state index in [0.29, 0.717) is 11.9 Å². The van der Waals surface area contributed by atoms with Crippen molar-refractivity contribution in [2.75, 3.05) is 0 Å². The van der Waals surface area contributed by atoms with Gasteiger partial charge in [-0.15, -0.1) is 0 Å². The third-order valence-electron chi connectivity index (χ3n) is 2.90. The van der Waals surface area contributed by atoms with E-state index in [1.807, 2.05) is 31.2 Å². The van der Waals surface area contributed by atoms with Gasteiger partial charge in [0.2, 0.25) is 0 Å². The number of nitrogens with zero attached hydrogens (tertiary/aromatic N) is 2. The van der Waals surface area contributed by atoms with Crippen LogP contribution in [0.5, 0.6) is 0 Å². The minimum atomic E-state index is 0.0185. The summed E-state index contributed by atoms with van der Waals surface area (Å²) in [6, 6.07) is 7.87. The van der Waals surface area contributed by atoms with Crippen molar-refractivity contribution in [2.24, 2.45) is 0 Å². The molecule has 3 aromatic rings. The molecule has 0 saturated heterocycles. The van der Waals surface area contributed by atoms with Gasteiger partial charge in [0.1, 0.15) is 0 Å². The number of aryl methyl sites for hydroxylation is 1. The SMILES string of the molecule is CCn1c(=O)c2cn[nH]c2c2ccccc21. The molecular formula is C12H11N3O. The van der Waals surface area contributed by atoms with E-state index < -0.39 is 0 Å². The largest absolute Gasteiger partial charge is 0.308 e. The lowest BCUT2D eigenvalue weighted by Gasteiger charge is -2.07. The summed E-state index contributed by atoms with van der Waals surface area (Å²) in [6.45, 7) is 2.64. The number of rotatable bonds is 1. The zero-order chi connectivity index (χ0) is 11.1. The lowest BCUT2D eigenvalue weighted by atomic mass is 10.1. The zero-order valence-corrected chi connectivity index (χ0v) is 8.90. The molecule has 80 valence electrons. The predicted molar refractivity (Wildman–Crippen MR) is 63.5 cm³/mol. The minimum Gasteiger partial charge on any atom is -0.308 e. The molecule has 0 bridgehead atoms. The molecule has 0 saturated carbocycles. The molecule has 0 spiro atoms. The summed E-state index contributed by atoms with van der Waals surface area (Å²) in [7, 11) is 0. The molecule has 0 radical (unpaired) electrons. The first-order valence-electron chi connectivity index (χ1n) is 5.27. The van der Waals surface area contributed by atoms with Crippen LogP contribution >= 0.6 is 0 Å². The van der Waals surface area contributed by atoms with Gasteiger partial charge in [-0.2, -0.15) is 5.10 Å². The molecular weight excluding hydrogens is 202 g/mol. The monoisotopic (exact) mass is 213 g/mol. The van der Waals surface area contributed by atoms with Gasteiger partial charge in [0.25, 0.3) is 5.56 Å². The maximum absolute atomic E-state index is 12.1. The normalized spacial score (nSPS) is 11.3. The van der Waals surface area contributed by atoms with Crippen molar-refractivity contribution in [1.82, 2.24) is 14.8 Å². The van der Waals surface area contributed by atoms with Crippen LogP contribution in [0, 0.1) is 0 Å². The first kappa shape index (κ1) is 9.15. The van der Waals surface area contributed by atoms with Crippen LogP contribution in [0.15, 0.2) is 35.3 Å². The second-order valence-corrected chi connectivity index (χ2v) is 3.73. The summed E-state index contributed by atoms with van der Waals surface area (Å²) in [5.74, 6) is 0. The fraction of sp³-hybridized carbons (Fsp3) is 0.167. The van der Waals surface area contributed by atoms with Crippen molar-refractivity contribution in [2.45, 2.75) is 13.5 Å². The van der Waals surface area contributed by atoms with Crippen molar-refractivity contribution in [3.8, 4) is 0 Å². The molecule has 2 heterocycles. The maximum Gasteiger partial charge on any atom is 0.262 e. The first-order chi connectivity index (χ1) is 7.83. The van der Waals surface area contributed by atoms with Crippen molar-refractivity contribution in [3.63, 3.8) is 0 Å². The molecule has 16 heavy (non-hydrogen) atoms. The molecule has 2 aromatic heterocycles. The molecule has 0 fully saturated rings. The van der Waals surface area contributed by atoms with Crippen molar-refractivity contribution < 1.29 is 0 Å².